The molecule has 3 aromatic rings. The van der Waals surface area contributed by atoms with E-state index in [1.807, 2.05) is 13.8 Å². The van der Waals surface area contributed by atoms with Crippen LogP contribution in [0.1, 0.15) is 18.2 Å². The van der Waals surface area contributed by atoms with Crippen LogP contribution in [0.2, 0.25) is 0 Å². The normalized spacial score (nSPS) is 12.0. The zero-order valence-electron chi connectivity index (χ0n) is 13.6. The Morgan fingerprint density at radius 2 is 1.79 bits per heavy atom. The van der Waals surface area contributed by atoms with Crippen LogP contribution in [0.4, 0.5) is 0 Å². The van der Waals surface area contributed by atoms with E-state index >= 15 is 0 Å². The number of hydrogen-bond acceptors (Lipinski definition) is 3. The third kappa shape index (κ3) is 2.52. The second kappa shape index (κ2) is 5.89. The standard InChI is InChI=1S/C17H17BrN2O3S/c1-4-12-9-14-15(18)10-19(3)17(21)16(14)20(12)24(22,23)13-7-5-11(2)6-8-13/h5-10H,4H2,1-3H3. The predicted molar refractivity (Wildman–Crippen MR) is 98.0 cm³/mol. The molecule has 0 aliphatic rings. The average molecular weight is 409 g/mol. The van der Waals surface area contributed by atoms with Gasteiger partial charge in [0.05, 0.1) is 4.90 Å². The van der Waals surface area contributed by atoms with Gasteiger partial charge in [0.2, 0.25) is 0 Å². The number of halogens is 1. The summed E-state index contributed by atoms with van der Waals surface area (Å²) in [6.45, 7) is 3.76. The molecule has 0 amide bonds. The van der Waals surface area contributed by atoms with Crippen LogP contribution in [0.3, 0.4) is 0 Å². The molecule has 0 saturated carbocycles. The number of fused-ring (bicyclic) bond motifs is 1. The fraction of sp³-hybridized carbons (Fsp3) is 0.235. The Morgan fingerprint density at radius 1 is 1.17 bits per heavy atom. The lowest BCUT2D eigenvalue weighted by molar-refractivity contribution is 0.587. The summed E-state index contributed by atoms with van der Waals surface area (Å²) < 4.78 is 29.6. The van der Waals surface area contributed by atoms with E-state index in [9.17, 15) is 13.2 Å². The van der Waals surface area contributed by atoms with Crippen molar-refractivity contribution in [3.05, 3.63) is 62.6 Å². The highest BCUT2D eigenvalue weighted by Gasteiger charge is 2.25. The Labute approximate surface area is 148 Å². The Hall–Kier alpha value is -1.86. The molecule has 2 heterocycles. The molecule has 0 atom stereocenters. The summed E-state index contributed by atoms with van der Waals surface area (Å²) >= 11 is 3.42. The van der Waals surface area contributed by atoms with E-state index in [1.54, 1.807) is 43.6 Å². The molecule has 5 nitrogen and oxygen atoms in total. The van der Waals surface area contributed by atoms with Crippen LogP contribution < -0.4 is 5.56 Å². The summed E-state index contributed by atoms with van der Waals surface area (Å²) in [6.07, 6.45) is 2.14. The van der Waals surface area contributed by atoms with Crippen molar-refractivity contribution in [1.82, 2.24) is 8.54 Å². The first kappa shape index (κ1) is 17.0. The fourth-order valence-electron chi connectivity index (χ4n) is 2.73. The van der Waals surface area contributed by atoms with Crippen LogP contribution >= 0.6 is 15.9 Å². The molecule has 3 rings (SSSR count). The highest BCUT2D eigenvalue weighted by Crippen LogP contribution is 2.28. The topological polar surface area (TPSA) is 61.1 Å². The Balaban J connectivity index is 2.45. The minimum Gasteiger partial charge on any atom is -0.316 e. The van der Waals surface area contributed by atoms with Gasteiger partial charge in [-0.15, -0.1) is 0 Å². The molecule has 1 aromatic carbocycles. The average Bonchev–Trinajstić information content (AvgIpc) is 2.94. The van der Waals surface area contributed by atoms with Crippen LogP contribution in [-0.2, 0) is 23.5 Å². The van der Waals surface area contributed by atoms with E-state index in [2.05, 4.69) is 15.9 Å². The highest BCUT2D eigenvalue weighted by molar-refractivity contribution is 9.10. The summed E-state index contributed by atoms with van der Waals surface area (Å²) in [6, 6.07) is 8.39. The van der Waals surface area contributed by atoms with Crippen molar-refractivity contribution in [2.75, 3.05) is 0 Å². The summed E-state index contributed by atoms with van der Waals surface area (Å²) in [7, 11) is -2.25. The minimum atomic E-state index is -3.86. The number of aryl methyl sites for hydroxylation is 3. The van der Waals surface area contributed by atoms with Crippen LogP contribution in [0.5, 0.6) is 0 Å². The first-order chi connectivity index (χ1) is 11.3. The van der Waals surface area contributed by atoms with Crippen LogP contribution in [0.15, 0.2) is 50.7 Å². The van der Waals surface area contributed by atoms with E-state index in [0.717, 1.165) is 5.56 Å². The van der Waals surface area contributed by atoms with E-state index in [1.165, 1.54) is 8.54 Å². The second-order valence-electron chi connectivity index (χ2n) is 5.73. The van der Waals surface area contributed by atoms with Crippen molar-refractivity contribution in [1.29, 1.82) is 0 Å². The molecule has 0 unspecified atom stereocenters. The number of aromatic nitrogens is 2. The maximum Gasteiger partial charge on any atom is 0.275 e. The molecular formula is C17H17BrN2O3S. The van der Waals surface area contributed by atoms with Gasteiger partial charge in [-0.3, -0.25) is 4.79 Å². The molecule has 0 radical (unpaired) electrons. The first-order valence-electron chi connectivity index (χ1n) is 7.49. The molecule has 0 aliphatic carbocycles. The van der Waals surface area contributed by atoms with Gasteiger partial charge in [0.25, 0.3) is 15.6 Å². The van der Waals surface area contributed by atoms with Crippen molar-refractivity contribution in [3.8, 4) is 0 Å². The van der Waals surface area contributed by atoms with Crippen molar-refractivity contribution >= 4 is 36.9 Å². The summed E-state index contributed by atoms with van der Waals surface area (Å²) in [5.74, 6) is 0. The zero-order valence-corrected chi connectivity index (χ0v) is 16.0. The number of nitrogens with zero attached hydrogens (tertiary/aromatic N) is 2. The first-order valence-corrected chi connectivity index (χ1v) is 9.72. The van der Waals surface area contributed by atoms with Crippen molar-refractivity contribution in [2.24, 2.45) is 7.05 Å². The van der Waals surface area contributed by atoms with Crippen molar-refractivity contribution in [3.63, 3.8) is 0 Å². The molecule has 0 bridgehead atoms. The summed E-state index contributed by atoms with van der Waals surface area (Å²) in [5, 5.41) is 0.602. The monoisotopic (exact) mass is 408 g/mol. The van der Waals surface area contributed by atoms with Gasteiger partial charge in [0.15, 0.2) is 0 Å². The van der Waals surface area contributed by atoms with Gasteiger partial charge in [-0.2, -0.15) is 0 Å². The SMILES string of the molecule is CCc1cc2c(Br)cn(C)c(=O)c2n1S(=O)(=O)c1ccc(C)cc1. The molecule has 0 spiro atoms. The van der Waals surface area contributed by atoms with Gasteiger partial charge in [-0.05, 0) is 47.5 Å². The van der Waals surface area contributed by atoms with Gasteiger partial charge in [-0.25, -0.2) is 12.4 Å². The molecule has 2 aromatic heterocycles. The van der Waals surface area contributed by atoms with E-state index < -0.39 is 10.0 Å². The number of pyridine rings is 1. The Kier molecular flexibility index (Phi) is 4.17. The molecule has 126 valence electrons. The van der Waals surface area contributed by atoms with Crippen LogP contribution in [0, 0.1) is 6.92 Å². The third-order valence-electron chi connectivity index (χ3n) is 4.04. The van der Waals surface area contributed by atoms with Gasteiger partial charge in [-0.1, -0.05) is 24.6 Å². The van der Waals surface area contributed by atoms with Crippen LogP contribution in [-0.4, -0.2) is 17.0 Å². The van der Waals surface area contributed by atoms with E-state index in [4.69, 9.17) is 0 Å². The maximum absolute atomic E-state index is 13.2. The predicted octanol–water partition coefficient (Wildman–Crippen LogP) is 3.21. The summed E-state index contributed by atoms with van der Waals surface area (Å²) in [4.78, 5) is 12.8. The molecule has 0 aliphatic heterocycles. The lowest BCUT2D eigenvalue weighted by atomic mass is 10.2. The Bertz CT molecular complexity index is 1090. The van der Waals surface area contributed by atoms with Gasteiger partial charge < -0.3 is 4.57 Å². The third-order valence-corrected chi connectivity index (χ3v) is 6.44. The fourth-order valence-corrected chi connectivity index (χ4v) is 4.94. The zero-order chi connectivity index (χ0) is 17.6. The molecule has 24 heavy (non-hydrogen) atoms. The Morgan fingerprint density at radius 3 is 2.38 bits per heavy atom. The lowest BCUT2D eigenvalue weighted by Gasteiger charge is -2.11. The second-order valence-corrected chi connectivity index (χ2v) is 8.37. The molecule has 7 heteroatoms. The minimum absolute atomic E-state index is 0.169. The van der Waals surface area contributed by atoms with Gasteiger partial charge >= 0.3 is 0 Å². The van der Waals surface area contributed by atoms with E-state index in [0.29, 0.717) is 22.0 Å². The van der Waals surface area contributed by atoms with Gasteiger partial charge in [0, 0.05) is 28.8 Å². The van der Waals surface area contributed by atoms with Crippen molar-refractivity contribution in [2.45, 2.75) is 25.2 Å². The molecule has 0 saturated heterocycles. The number of benzene rings is 1. The number of rotatable bonds is 3. The molecular weight excluding hydrogens is 392 g/mol. The largest absolute Gasteiger partial charge is 0.316 e. The van der Waals surface area contributed by atoms with E-state index in [-0.39, 0.29) is 16.0 Å². The summed E-state index contributed by atoms with van der Waals surface area (Å²) in [5.41, 5.74) is 1.38. The smallest absolute Gasteiger partial charge is 0.275 e. The lowest BCUT2D eigenvalue weighted by Crippen LogP contribution is -2.23. The number of hydrogen-bond donors (Lipinski definition) is 0. The van der Waals surface area contributed by atoms with Gasteiger partial charge in [0.1, 0.15) is 5.52 Å². The molecule has 0 N–H and O–H groups in total. The quantitative estimate of drug-likeness (QED) is 0.668. The highest BCUT2D eigenvalue weighted by atomic mass is 79.9. The molecule has 0 fully saturated rings. The van der Waals surface area contributed by atoms with Crippen molar-refractivity contribution < 1.29 is 8.42 Å². The van der Waals surface area contributed by atoms with Crippen LogP contribution in [0.25, 0.3) is 10.9 Å². The maximum atomic E-state index is 13.2.